The summed E-state index contributed by atoms with van der Waals surface area (Å²) < 4.78 is 15.0. The summed E-state index contributed by atoms with van der Waals surface area (Å²) in [5.74, 6) is 0.501. The van der Waals surface area contributed by atoms with Crippen molar-refractivity contribution in [2.45, 2.75) is 26.4 Å². The zero-order chi connectivity index (χ0) is 14.7. The van der Waals surface area contributed by atoms with Gasteiger partial charge in [-0.25, -0.2) is 9.97 Å². The molecular weight excluding hydrogens is 267 g/mol. The van der Waals surface area contributed by atoms with Crippen LogP contribution in [-0.4, -0.2) is 14.5 Å². The number of aromatic nitrogens is 3. The van der Waals surface area contributed by atoms with Gasteiger partial charge in [-0.1, -0.05) is 19.1 Å². The van der Waals surface area contributed by atoms with Crippen LogP contribution < -0.4 is 5.32 Å². The molecule has 21 heavy (non-hydrogen) atoms. The molecule has 108 valence electrons. The lowest BCUT2D eigenvalue weighted by molar-refractivity contribution is 0.584. The molecule has 0 aliphatic rings. The molecule has 0 aliphatic carbocycles. The van der Waals surface area contributed by atoms with E-state index in [1.807, 2.05) is 18.2 Å². The maximum absolute atomic E-state index is 12.8. The van der Waals surface area contributed by atoms with Gasteiger partial charge in [-0.05, 0) is 30.7 Å². The van der Waals surface area contributed by atoms with Gasteiger partial charge in [-0.3, -0.25) is 0 Å². The van der Waals surface area contributed by atoms with E-state index >= 15 is 0 Å². The van der Waals surface area contributed by atoms with E-state index in [9.17, 15) is 4.39 Å². The van der Waals surface area contributed by atoms with E-state index < -0.39 is 5.95 Å². The van der Waals surface area contributed by atoms with E-state index in [0.717, 1.165) is 35.5 Å². The van der Waals surface area contributed by atoms with Crippen molar-refractivity contribution in [3.8, 4) is 0 Å². The van der Waals surface area contributed by atoms with Crippen LogP contribution in [-0.2, 0) is 13.1 Å². The van der Waals surface area contributed by atoms with Crippen LogP contribution in [0.1, 0.15) is 19.2 Å². The van der Waals surface area contributed by atoms with E-state index in [4.69, 9.17) is 0 Å². The Hall–Kier alpha value is -2.43. The van der Waals surface area contributed by atoms with Gasteiger partial charge in [0.25, 0.3) is 0 Å². The second kappa shape index (κ2) is 5.91. The summed E-state index contributed by atoms with van der Waals surface area (Å²) in [6.07, 6.45) is 2.54. The molecule has 0 amide bonds. The predicted molar refractivity (Wildman–Crippen MR) is 81.5 cm³/mol. The molecule has 2 heterocycles. The number of nitrogens with zero attached hydrogens (tertiary/aromatic N) is 3. The van der Waals surface area contributed by atoms with Crippen LogP contribution in [0.3, 0.4) is 0 Å². The first-order chi connectivity index (χ1) is 10.3. The third-order valence-corrected chi connectivity index (χ3v) is 3.36. The molecule has 3 aromatic rings. The highest BCUT2D eigenvalue weighted by Crippen LogP contribution is 2.17. The molecule has 0 unspecified atom stereocenters. The number of hydrogen-bond donors (Lipinski definition) is 1. The maximum atomic E-state index is 12.8. The number of anilines is 1. The predicted octanol–water partition coefficient (Wildman–Crippen LogP) is 3.59. The van der Waals surface area contributed by atoms with Crippen LogP contribution in [0, 0.1) is 5.95 Å². The molecule has 0 saturated carbocycles. The van der Waals surface area contributed by atoms with Crippen LogP contribution in [0.5, 0.6) is 0 Å². The summed E-state index contributed by atoms with van der Waals surface area (Å²) in [5.41, 5.74) is 2.93. The third-order valence-electron chi connectivity index (χ3n) is 3.36. The van der Waals surface area contributed by atoms with Gasteiger partial charge in [0, 0.05) is 6.54 Å². The van der Waals surface area contributed by atoms with Crippen molar-refractivity contribution < 1.29 is 4.39 Å². The summed E-state index contributed by atoms with van der Waals surface area (Å²) in [4.78, 5) is 8.31. The number of pyridine rings is 1. The number of imidazole rings is 1. The molecule has 2 aromatic heterocycles. The Morgan fingerprint density at radius 1 is 1.19 bits per heavy atom. The number of benzene rings is 1. The molecule has 0 spiro atoms. The van der Waals surface area contributed by atoms with Gasteiger partial charge in [-0.2, -0.15) is 4.39 Å². The molecule has 0 radical (unpaired) electrons. The van der Waals surface area contributed by atoms with Gasteiger partial charge in [0.05, 0.1) is 29.5 Å². The third kappa shape index (κ3) is 2.86. The van der Waals surface area contributed by atoms with Crippen molar-refractivity contribution in [2.75, 3.05) is 5.32 Å². The molecule has 0 atom stereocenters. The van der Waals surface area contributed by atoms with E-state index in [1.165, 1.54) is 12.3 Å². The lowest BCUT2D eigenvalue weighted by Gasteiger charge is -2.09. The number of fused-ring (bicyclic) bond motifs is 1. The molecular formula is C16H17FN4. The van der Waals surface area contributed by atoms with Crippen LogP contribution in [0.25, 0.3) is 11.0 Å². The Kier molecular flexibility index (Phi) is 3.81. The largest absolute Gasteiger partial charge is 0.377 e. The number of rotatable bonds is 5. The average molecular weight is 284 g/mol. The Balaban J connectivity index is 1.85. The normalized spacial score (nSPS) is 11.0. The van der Waals surface area contributed by atoms with Crippen LogP contribution in [0.2, 0.25) is 0 Å². The second-order valence-electron chi connectivity index (χ2n) is 4.89. The smallest absolute Gasteiger partial charge is 0.212 e. The van der Waals surface area contributed by atoms with Gasteiger partial charge < -0.3 is 9.88 Å². The van der Waals surface area contributed by atoms with E-state index in [1.54, 1.807) is 6.07 Å². The van der Waals surface area contributed by atoms with Gasteiger partial charge in [0.2, 0.25) is 5.95 Å². The van der Waals surface area contributed by atoms with Crippen LogP contribution in [0.15, 0.2) is 42.6 Å². The number of aryl methyl sites for hydroxylation is 1. The molecule has 1 aromatic carbocycles. The van der Waals surface area contributed by atoms with Crippen molar-refractivity contribution in [2.24, 2.45) is 0 Å². The van der Waals surface area contributed by atoms with Crippen molar-refractivity contribution >= 4 is 16.7 Å². The Morgan fingerprint density at radius 3 is 2.81 bits per heavy atom. The van der Waals surface area contributed by atoms with Crippen molar-refractivity contribution in [1.29, 1.82) is 0 Å². The zero-order valence-corrected chi connectivity index (χ0v) is 11.9. The van der Waals surface area contributed by atoms with Crippen LogP contribution >= 0.6 is 0 Å². The molecule has 3 rings (SSSR count). The van der Waals surface area contributed by atoms with Crippen molar-refractivity contribution in [1.82, 2.24) is 14.5 Å². The zero-order valence-electron chi connectivity index (χ0n) is 11.9. The van der Waals surface area contributed by atoms with Crippen LogP contribution in [0.4, 0.5) is 10.1 Å². The summed E-state index contributed by atoms with van der Waals surface area (Å²) >= 11 is 0. The number of nitrogens with one attached hydrogen (secondary N) is 1. The van der Waals surface area contributed by atoms with Crippen molar-refractivity contribution in [3.63, 3.8) is 0 Å². The molecule has 0 saturated heterocycles. The molecule has 4 nitrogen and oxygen atoms in total. The Morgan fingerprint density at radius 2 is 2.05 bits per heavy atom. The fourth-order valence-corrected chi connectivity index (χ4v) is 2.39. The summed E-state index contributed by atoms with van der Waals surface area (Å²) in [5, 5.41) is 3.24. The first-order valence-corrected chi connectivity index (χ1v) is 7.07. The SMILES string of the molecule is CCCn1c(CNc2ccc(F)nc2)nc2ccccc21. The first kappa shape index (κ1) is 13.5. The fraction of sp³-hybridized carbons (Fsp3) is 0.250. The quantitative estimate of drug-likeness (QED) is 0.728. The van der Waals surface area contributed by atoms with Gasteiger partial charge in [0.15, 0.2) is 0 Å². The van der Waals surface area contributed by atoms with Gasteiger partial charge in [0.1, 0.15) is 5.82 Å². The van der Waals surface area contributed by atoms with E-state index in [0.29, 0.717) is 6.54 Å². The topological polar surface area (TPSA) is 42.7 Å². The maximum Gasteiger partial charge on any atom is 0.212 e. The minimum atomic E-state index is -0.473. The Bertz CT molecular complexity index is 734. The monoisotopic (exact) mass is 284 g/mol. The highest BCUT2D eigenvalue weighted by molar-refractivity contribution is 5.76. The minimum absolute atomic E-state index is 0.473. The van der Waals surface area contributed by atoms with E-state index in [2.05, 4.69) is 32.8 Å². The number of para-hydroxylation sites is 2. The molecule has 0 aliphatic heterocycles. The van der Waals surface area contributed by atoms with Gasteiger partial charge in [-0.15, -0.1) is 0 Å². The lowest BCUT2D eigenvalue weighted by Crippen LogP contribution is -2.09. The fourth-order valence-electron chi connectivity index (χ4n) is 2.39. The van der Waals surface area contributed by atoms with Gasteiger partial charge >= 0.3 is 0 Å². The summed E-state index contributed by atoms with van der Waals surface area (Å²) in [6.45, 7) is 3.66. The summed E-state index contributed by atoms with van der Waals surface area (Å²) in [7, 11) is 0. The number of halogens is 1. The molecule has 0 bridgehead atoms. The lowest BCUT2D eigenvalue weighted by atomic mass is 10.3. The van der Waals surface area contributed by atoms with Crippen molar-refractivity contribution in [3.05, 3.63) is 54.4 Å². The highest BCUT2D eigenvalue weighted by Gasteiger charge is 2.09. The second-order valence-corrected chi connectivity index (χ2v) is 4.89. The summed E-state index contributed by atoms with van der Waals surface area (Å²) in [6, 6.07) is 11.1. The number of hydrogen-bond acceptors (Lipinski definition) is 3. The molecule has 5 heteroatoms. The highest BCUT2D eigenvalue weighted by atomic mass is 19.1. The minimum Gasteiger partial charge on any atom is -0.377 e. The first-order valence-electron chi connectivity index (χ1n) is 7.07. The van der Waals surface area contributed by atoms with E-state index in [-0.39, 0.29) is 0 Å². The average Bonchev–Trinajstić information content (AvgIpc) is 2.85. The molecule has 1 N–H and O–H groups in total. The Labute approximate surface area is 122 Å². The molecule has 0 fully saturated rings. The standard InChI is InChI=1S/C16H17FN4/c1-2-9-21-14-6-4-3-5-13(14)20-16(21)11-18-12-7-8-15(17)19-10-12/h3-8,10,18H,2,9,11H2,1H3.